The van der Waals surface area contributed by atoms with Crippen LogP contribution < -0.4 is 0 Å². The minimum absolute atomic E-state index is 0.0466. The van der Waals surface area contributed by atoms with E-state index in [1.165, 1.54) is 34.3 Å². The minimum Gasteiger partial charge on any atom is -0.336 e. The number of fused-ring (bicyclic) bond motifs is 1. The van der Waals surface area contributed by atoms with Crippen LogP contribution in [0, 0.1) is 0 Å². The topological polar surface area (TPSA) is 79.2 Å². The van der Waals surface area contributed by atoms with E-state index in [9.17, 15) is 18.0 Å². The summed E-state index contributed by atoms with van der Waals surface area (Å²) >= 11 is 4.83. The number of alkyl halides is 3. The molecule has 0 aliphatic carbocycles. The van der Waals surface area contributed by atoms with Gasteiger partial charge in [-0.2, -0.15) is 18.3 Å². The lowest BCUT2D eigenvalue weighted by Crippen LogP contribution is -2.29. The Labute approximate surface area is 186 Å². The van der Waals surface area contributed by atoms with Gasteiger partial charge in [-0.25, -0.2) is 9.97 Å². The summed E-state index contributed by atoms with van der Waals surface area (Å²) in [5, 5.41) is 9.23. The fraction of sp³-hybridized carbons (Fsp3) is 0.263. The van der Waals surface area contributed by atoms with E-state index >= 15 is 0 Å². The molecule has 7 nitrogen and oxygen atoms in total. The molecular weight excluding hydrogens is 497 g/mol. The van der Waals surface area contributed by atoms with Gasteiger partial charge in [0.25, 0.3) is 5.91 Å². The molecule has 1 fully saturated rings. The Kier molecular flexibility index (Phi) is 4.85. The second-order valence-corrected chi connectivity index (χ2v) is 8.86. The summed E-state index contributed by atoms with van der Waals surface area (Å²) in [6.45, 7) is 0.953. The number of halogens is 4. The van der Waals surface area contributed by atoms with E-state index in [1.807, 2.05) is 5.38 Å². The van der Waals surface area contributed by atoms with Crippen LogP contribution in [0.3, 0.4) is 0 Å². The number of H-pyrrole nitrogens is 1. The van der Waals surface area contributed by atoms with E-state index < -0.39 is 17.6 Å². The largest absolute Gasteiger partial charge is 0.420 e. The van der Waals surface area contributed by atoms with Gasteiger partial charge >= 0.3 is 6.18 Å². The highest BCUT2D eigenvalue weighted by Crippen LogP contribution is 2.37. The number of aromatic nitrogens is 5. The Balaban J connectivity index is 1.56. The van der Waals surface area contributed by atoms with Crippen molar-refractivity contribution in [3.8, 4) is 11.1 Å². The summed E-state index contributed by atoms with van der Waals surface area (Å²) in [5.41, 5.74) is -0.504. The molecular formula is C19H14BrF3N6OS. The number of imidazole rings is 1. The molecule has 1 atom stereocenters. The van der Waals surface area contributed by atoms with Gasteiger partial charge in [0.15, 0.2) is 11.3 Å². The fourth-order valence-electron chi connectivity index (χ4n) is 3.76. The number of thiazole rings is 1. The number of hydrogen-bond acceptors (Lipinski definition) is 5. The third-order valence-electron chi connectivity index (χ3n) is 5.28. The van der Waals surface area contributed by atoms with E-state index in [0.29, 0.717) is 24.2 Å². The molecule has 0 radical (unpaired) electrons. The molecule has 160 valence electrons. The summed E-state index contributed by atoms with van der Waals surface area (Å²) in [7, 11) is 0. The predicted molar refractivity (Wildman–Crippen MR) is 111 cm³/mol. The van der Waals surface area contributed by atoms with Crippen LogP contribution in [0.5, 0.6) is 0 Å². The van der Waals surface area contributed by atoms with Gasteiger partial charge in [0.2, 0.25) is 0 Å². The van der Waals surface area contributed by atoms with Crippen LogP contribution in [-0.4, -0.2) is 48.5 Å². The zero-order chi connectivity index (χ0) is 21.8. The van der Waals surface area contributed by atoms with Crippen molar-refractivity contribution in [1.82, 2.24) is 29.5 Å². The van der Waals surface area contributed by atoms with Crippen molar-refractivity contribution in [2.75, 3.05) is 13.1 Å². The first-order chi connectivity index (χ1) is 14.8. The second-order valence-electron chi connectivity index (χ2n) is 7.18. The van der Waals surface area contributed by atoms with Gasteiger partial charge in [0, 0.05) is 54.1 Å². The molecule has 1 saturated heterocycles. The normalized spacial score (nSPS) is 17.0. The van der Waals surface area contributed by atoms with Crippen molar-refractivity contribution >= 4 is 38.8 Å². The Hall–Kier alpha value is -2.73. The number of likely N-dealkylation sites (tertiary alicyclic amines) is 1. The van der Waals surface area contributed by atoms with Crippen molar-refractivity contribution in [2.24, 2.45) is 0 Å². The molecule has 31 heavy (non-hydrogen) atoms. The van der Waals surface area contributed by atoms with E-state index in [1.54, 1.807) is 11.1 Å². The zero-order valence-electron chi connectivity index (χ0n) is 15.7. The first-order valence-electron chi connectivity index (χ1n) is 9.29. The highest BCUT2D eigenvalue weighted by molar-refractivity contribution is 9.10. The second kappa shape index (κ2) is 7.45. The van der Waals surface area contributed by atoms with Crippen molar-refractivity contribution in [3.63, 3.8) is 0 Å². The molecule has 5 rings (SSSR count). The molecule has 0 aromatic carbocycles. The summed E-state index contributed by atoms with van der Waals surface area (Å²) in [4.78, 5) is 23.2. The summed E-state index contributed by atoms with van der Waals surface area (Å²) in [6.07, 6.45) is 2.27. The number of carbonyl (C=O) groups is 1. The molecule has 0 bridgehead atoms. The molecule has 1 unspecified atom stereocenters. The van der Waals surface area contributed by atoms with Gasteiger partial charge in [-0.1, -0.05) is 0 Å². The van der Waals surface area contributed by atoms with Gasteiger partial charge in [0.1, 0.15) is 4.60 Å². The van der Waals surface area contributed by atoms with Crippen molar-refractivity contribution < 1.29 is 18.0 Å². The summed E-state index contributed by atoms with van der Waals surface area (Å²) in [5.74, 6) is -0.286. The molecule has 1 aliphatic heterocycles. The van der Waals surface area contributed by atoms with Gasteiger partial charge < -0.3 is 4.90 Å². The fourth-order valence-corrected chi connectivity index (χ4v) is 5.06. The van der Waals surface area contributed by atoms with Crippen molar-refractivity contribution in [1.29, 1.82) is 0 Å². The van der Waals surface area contributed by atoms with E-state index in [4.69, 9.17) is 0 Å². The van der Waals surface area contributed by atoms with Crippen LogP contribution >= 0.6 is 27.3 Å². The number of carbonyl (C=O) groups excluding carboxylic acids is 1. The number of amides is 1. The van der Waals surface area contributed by atoms with Crippen LogP contribution in [0.2, 0.25) is 0 Å². The third-order valence-corrected chi connectivity index (χ3v) is 6.97. The molecule has 5 heterocycles. The number of pyridine rings is 1. The first-order valence-corrected chi connectivity index (χ1v) is 11.0. The Bertz CT molecular complexity index is 1250. The summed E-state index contributed by atoms with van der Waals surface area (Å²) < 4.78 is 42.8. The summed E-state index contributed by atoms with van der Waals surface area (Å²) in [6, 6.07) is 1.02. The van der Waals surface area contributed by atoms with Gasteiger partial charge in [-0.3, -0.25) is 14.3 Å². The molecule has 1 aliphatic rings. The SMILES string of the molecule is O=C(c1nc2c(C(F)(F)F)cc(-c3cn[nH]c3)cn2c1Br)N1CCC(c2nccs2)C1. The van der Waals surface area contributed by atoms with E-state index in [0.717, 1.165) is 17.5 Å². The molecule has 12 heteroatoms. The predicted octanol–water partition coefficient (Wildman–Crippen LogP) is 4.59. The Morgan fingerprint density at radius 1 is 1.32 bits per heavy atom. The molecule has 4 aromatic heterocycles. The number of rotatable bonds is 3. The van der Waals surface area contributed by atoms with E-state index in [-0.39, 0.29) is 21.9 Å². The Morgan fingerprint density at radius 2 is 2.16 bits per heavy atom. The molecule has 0 spiro atoms. The molecule has 4 aromatic rings. The molecule has 1 amide bonds. The van der Waals surface area contributed by atoms with Crippen LogP contribution in [0.4, 0.5) is 13.2 Å². The average molecular weight is 511 g/mol. The molecule has 0 saturated carbocycles. The third kappa shape index (κ3) is 3.53. The lowest BCUT2D eigenvalue weighted by atomic mass is 10.1. The van der Waals surface area contributed by atoms with Gasteiger partial charge in [-0.15, -0.1) is 11.3 Å². The van der Waals surface area contributed by atoms with Gasteiger partial charge in [-0.05, 0) is 28.4 Å². The smallest absolute Gasteiger partial charge is 0.336 e. The standard InChI is InChI=1S/C19H14BrF3N6OS/c20-15-14(18(30)28-3-1-10(8-28)17-24-2-4-31-17)27-16-13(19(21,22)23)5-11(9-29(15)16)12-6-25-26-7-12/h2,4-7,9-10H,1,3,8H2,(H,25,26). The maximum atomic E-state index is 13.8. The highest BCUT2D eigenvalue weighted by atomic mass is 79.9. The number of aromatic amines is 1. The number of nitrogens with zero attached hydrogens (tertiary/aromatic N) is 5. The highest BCUT2D eigenvalue weighted by Gasteiger charge is 2.37. The first kappa shape index (κ1) is 20.2. The van der Waals surface area contributed by atoms with Crippen LogP contribution in [0.25, 0.3) is 16.8 Å². The monoisotopic (exact) mass is 510 g/mol. The van der Waals surface area contributed by atoms with Crippen LogP contribution in [0.15, 0.2) is 40.8 Å². The van der Waals surface area contributed by atoms with Gasteiger partial charge in [0.05, 0.1) is 16.8 Å². The number of nitrogens with one attached hydrogen (secondary N) is 1. The maximum absolute atomic E-state index is 13.8. The quantitative estimate of drug-likeness (QED) is 0.437. The number of hydrogen-bond donors (Lipinski definition) is 1. The average Bonchev–Trinajstić information content (AvgIpc) is 3.53. The minimum atomic E-state index is -4.64. The zero-order valence-corrected chi connectivity index (χ0v) is 18.1. The van der Waals surface area contributed by atoms with Crippen molar-refractivity contribution in [3.05, 3.63) is 57.1 Å². The molecule has 1 N–H and O–H groups in total. The lowest BCUT2D eigenvalue weighted by molar-refractivity contribution is -0.136. The lowest BCUT2D eigenvalue weighted by Gasteiger charge is -2.14. The van der Waals surface area contributed by atoms with Crippen LogP contribution in [0.1, 0.15) is 33.4 Å². The van der Waals surface area contributed by atoms with Crippen LogP contribution in [-0.2, 0) is 6.18 Å². The van der Waals surface area contributed by atoms with Crippen molar-refractivity contribution in [2.45, 2.75) is 18.5 Å². The maximum Gasteiger partial charge on any atom is 0.420 e. The van der Waals surface area contributed by atoms with E-state index in [2.05, 4.69) is 36.1 Å². The Morgan fingerprint density at radius 3 is 2.84 bits per heavy atom.